The number of thiazole rings is 1. The zero-order valence-electron chi connectivity index (χ0n) is 12.8. The van der Waals surface area contributed by atoms with Crippen molar-refractivity contribution in [3.8, 4) is 0 Å². The van der Waals surface area contributed by atoms with Crippen molar-refractivity contribution in [1.29, 1.82) is 0 Å². The molecule has 1 fully saturated rings. The number of nitrogen functional groups attached to an aromatic ring is 1. The molecule has 0 unspecified atom stereocenters. The third-order valence-corrected chi connectivity index (χ3v) is 4.71. The van der Waals surface area contributed by atoms with Gasteiger partial charge in [-0.25, -0.2) is 4.98 Å². The van der Waals surface area contributed by atoms with Crippen molar-refractivity contribution in [3.63, 3.8) is 0 Å². The minimum absolute atomic E-state index is 0.0438. The van der Waals surface area contributed by atoms with Gasteiger partial charge in [0.2, 0.25) is 0 Å². The molecule has 0 radical (unpaired) electrons. The summed E-state index contributed by atoms with van der Waals surface area (Å²) in [6, 6.07) is 0. The molecule has 0 saturated carbocycles. The van der Waals surface area contributed by atoms with E-state index in [1.54, 1.807) is 4.90 Å². The van der Waals surface area contributed by atoms with Crippen molar-refractivity contribution in [2.24, 2.45) is 0 Å². The second kappa shape index (κ2) is 7.61. The molecule has 21 heavy (non-hydrogen) atoms. The molecule has 1 aromatic rings. The average molecular weight is 312 g/mol. The van der Waals surface area contributed by atoms with E-state index in [0.717, 1.165) is 18.2 Å². The van der Waals surface area contributed by atoms with Gasteiger partial charge in [0.1, 0.15) is 10.7 Å². The van der Waals surface area contributed by atoms with Crippen LogP contribution in [0.4, 0.5) is 10.9 Å². The topological polar surface area (TPSA) is 71.7 Å². The summed E-state index contributed by atoms with van der Waals surface area (Å²) in [5, 5.41) is 0.870. The van der Waals surface area contributed by atoms with Crippen LogP contribution in [-0.4, -0.2) is 55.2 Å². The number of ether oxygens (including phenoxy) is 1. The molecule has 0 atom stereocenters. The Labute approximate surface area is 129 Å². The average Bonchev–Trinajstić information content (AvgIpc) is 3.12. The highest BCUT2D eigenvalue weighted by molar-refractivity contribution is 7.18. The Kier molecular flexibility index (Phi) is 5.81. The van der Waals surface area contributed by atoms with Crippen LogP contribution in [0.15, 0.2) is 0 Å². The number of anilines is 2. The maximum atomic E-state index is 12.6. The number of carbonyl (C=O) groups is 1. The molecular formula is C14H24N4O2S. The van der Waals surface area contributed by atoms with E-state index in [2.05, 4.69) is 9.88 Å². The van der Waals surface area contributed by atoms with Gasteiger partial charge in [-0.1, -0.05) is 11.3 Å². The van der Waals surface area contributed by atoms with Gasteiger partial charge in [0.25, 0.3) is 5.91 Å². The minimum Gasteiger partial charge on any atom is -0.382 e. The molecule has 1 aliphatic heterocycles. The second-order valence-electron chi connectivity index (χ2n) is 4.99. The van der Waals surface area contributed by atoms with Gasteiger partial charge in [-0.2, -0.15) is 0 Å². The molecule has 7 heteroatoms. The van der Waals surface area contributed by atoms with E-state index in [9.17, 15) is 4.79 Å². The van der Waals surface area contributed by atoms with Gasteiger partial charge >= 0.3 is 0 Å². The summed E-state index contributed by atoms with van der Waals surface area (Å²) in [5.41, 5.74) is 5.95. The van der Waals surface area contributed by atoms with Crippen LogP contribution < -0.4 is 10.6 Å². The van der Waals surface area contributed by atoms with Crippen LogP contribution in [0.2, 0.25) is 0 Å². The normalized spacial score (nSPS) is 14.7. The summed E-state index contributed by atoms with van der Waals surface area (Å²) < 4.78 is 5.32. The summed E-state index contributed by atoms with van der Waals surface area (Å²) in [6.45, 7) is 8.35. The predicted octanol–water partition coefficient (Wildman–Crippen LogP) is 1.82. The largest absolute Gasteiger partial charge is 0.382 e. The minimum atomic E-state index is -0.0438. The van der Waals surface area contributed by atoms with Crippen LogP contribution in [-0.2, 0) is 4.74 Å². The number of nitrogens with two attached hydrogens (primary N) is 1. The highest BCUT2D eigenvalue weighted by atomic mass is 32.1. The molecule has 6 nitrogen and oxygen atoms in total. The zero-order valence-corrected chi connectivity index (χ0v) is 13.6. The fourth-order valence-corrected chi connectivity index (χ4v) is 3.39. The van der Waals surface area contributed by atoms with Gasteiger partial charge in [-0.05, 0) is 26.7 Å². The molecule has 0 aliphatic carbocycles. The van der Waals surface area contributed by atoms with Gasteiger partial charge in [0.15, 0.2) is 5.13 Å². The molecule has 0 spiro atoms. The maximum Gasteiger partial charge on any atom is 0.267 e. The second-order valence-corrected chi connectivity index (χ2v) is 5.96. The van der Waals surface area contributed by atoms with Crippen molar-refractivity contribution in [2.75, 3.05) is 50.0 Å². The van der Waals surface area contributed by atoms with E-state index >= 15 is 0 Å². The SMILES string of the molecule is CCOCCN(CC)C(=O)c1sc(N2CCCC2)nc1N. The first-order valence-corrected chi connectivity index (χ1v) is 8.37. The highest BCUT2D eigenvalue weighted by Crippen LogP contribution is 2.31. The summed E-state index contributed by atoms with van der Waals surface area (Å²) in [5.74, 6) is 0.305. The van der Waals surface area contributed by atoms with Gasteiger partial charge in [0, 0.05) is 32.8 Å². The summed E-state index contributed by atoms with van der Waals surface area (Å²) in [4.78, 5) is 21.4. The lowest BCUT2D eigenvalue weighted by Gasteiger charge is -2.20. The number of carbonyl (C=O) groups excluding carboxylic acids is 1. The summed E-state index contributed by atoms with van der Waals surface area (Å²) in [6.07, 6.45) is 2.36. The molecule has 2 N–H and O–H groups in total. The number of likely N-dealkylation sites (N-methyl/N-ethyl adjacent to an activating group) is 1. The van der Waals surface area contributed by atoms with Crippen LogP contribution in [0, 0.1) is 0 Å². The number of amides is 1. The number of rotatable bonds is 7. The Bertz CT molecular complexity index is 472. The Morgan fingerprint density at radius 3 is 2.76 bits per heavy atom. The van der Waals surface area contributed by atoms with Crippen molar-refractivity contribution < 1.29 is 9.53 Å². The van der Waals surface area contributed by atoms with Gasteiger partial charge < -0.3 is 20.3 Å². The van der Waals surface area contributed by atoms with Gasteiger partial charge in [-0.15, -0.1) is 0 Å². The van der Waals surface area contributed by atoms with Crippen molar-refractivity contribution in [1.82, 2.24) is 9.88 Å². The summed E-state index contributed by atoms with van der Waals surface area (Å²) in [7, 11) is 0. The van der Waals surface area contributed by atoms with E-state index in [-0.39, 0.29) is 5.91 Å². The molecule has 1 amide bonds. The van der Waals surface area contributed by atoms with Gasteiger partial charge in [0.05, 0.1) is 6.61 Å². The van der Waals surface area contributed by atoms with E-state index < -0.39 is 0 Å². The number of nitrogens with zero attached hydrogens (tertiary/aromatic N) is 3. The molecule has 1 aromatic heterocycles. The molecule has 1 aliphatic rings. The fraction of sp³-hybridized carbons (Fsp3) is 0.714. The molecule has 2 heterocycles. The lowest BCUT2D eigenvalue weighted by atomic mass is 10.4. The first-order valence-electron chi connectivity index (χ1n) is 7.55. The fourth-order valence-electron chi connectivity index (χ4n) is 2.38. The standard InChI is InChI=1S/C14H24N4O2S/c1-3-17(9-10-20-4-2)13(19)11-12(15)16-14(21-11)18-7-5-6-8-18/h3-10,15H2,1-2H3. The third-order valence-electron chi connectivity index (χ3n) is 3.59. The maximum absolute atomic E-state index is 12.6. The van der Waals surface area contributed by atoms with Crippen molar-refractivity contribution in [2.45, 2.75) is 26.7 Å². The van der Waals surface area contributed by atoms with Crippen molar-refractivity contribution >= 4 is 28.2 Å². The van der Waals surface area contributed by atoms with E-state index in [1.165, 1.54) is 24.2 Å². The molecule has 0 bridgehead atoms. The lowest BCUT2D eigenvalue weighted by Crippen LogP contribution is -2.33. The monoisotopic (exact) mass is 312 g/mol. The molecule has 2 rings (SSSR count). The van der Waals surface area contributed by atoms with Crippen molar-refractivity contribution in [3.05, 3.63) is 4.88 Å². The quantitative estimate of drug-likeness (QED) is 0.778. The van der Waals surface area contributed by atoms with E-state index in [1.807, 2.05) is 13.8 Å². The molecule has 1 saturated heterocycles. The van der Waals surface area contributed by atoms with E-state index in [4.69, 9.17) is 10.5 Å². The number of hydrogen-bond donors (Lipinski definition) is 1. The third kappa shape index (κ3) is 3.85. The lowest BCUT2D eigenvalue weighted by molar-refractivity contribution is 0.0674. The van der Waals surface area contributed by atoms with Crippen LogP contribution in [0.25, 0.3) is 0 Å². The first-order chi connectivity index (χ1) is 10.2. The molecular weight excluding hydrogens is 288 g/mol. The van der Waals surface area contributed by atoms with Gasteiger partial charge in [-0.3, -0.25) is 4.79 Å². The van der Waals surface area contributed by atoms with Crippen LogP contribution in [0.5, 0.6) is 0 Å². The molecule has 118 valence electrons. The first kappa shape index (κ1) is 16.0. The Hall–Kier alpha value is -1.34. The Morgan fingerprint density at radius 2 is 2.14 bits per heavy atom. The summed E-state index contributed by atoms with van der Waals surface area (Å²) >= 11 is 1.41. The highest BCUT2D eigenvalue weighted by Gasteiger charge is 2.24. The Morgan fingerprint density at radius 1 is 1.43 bits per heavy atom. The Balaban J connectivity index is 2.06. The van der Waals surface area contributed by atoms with E-state index in [0.29, 0.717) is 37.0 Å². The number of hydrogen-bond acceptors (Lipinski definition) is 6. The molecule has 0 aromatic carbocycles. The van der Waals surface area contributed by atoms with Crippen LogP contribution in [0.1, 0.15) is 36.4 Å². The van der Waals surface area contributed by atoms with Crippen LogP contribution >= 0.6 is 11.3 Å². The smallest absolute Gasteiger partial charge is 0.267 e. The zero-order chi connectivity index (χ0) is 15.2. The predicted molar refractivity (Wildman–Crippen MR) is 86.0 cm³/mol. The number of aromatic nitrogens is 1. The van der Waals surface area contributed by atoms with Crippen LogP contribution in [0.3, 0.4) is 0 Å².